The second kappa shape index (κ2) is 4.74. The minimum atomic E-state index is 0.774. The van der Waals surface area contributed by atoms with Gasteiger partial charge in [0.25, 0.3) is 0 Å². The van der Waals surface area contributed by atoms with Crippen LogP contribution in [0.15, 0.2) is 47.7 Å². The summed E-state index contributed by atoms with van der Waals surface area (Å²) in [5.74, 6) is 1.66. The van der Waals surface area contributed by atoms with Crippen LogP contribution in [0.4, 0.5) is 5.69 Å². The van der Waals surface area contributed by atoms with E-state index in [4.69, 9.17) is 4.74 Å². The molecule has 4 nitrogen and oxygen atoms in total. The lowest BCUT2D eigenvalue weighted by Crippen LogP contribution is -2.20. The molecule has 0 atom stereocenters. The van der Waals surface area contributed by atoms with E-state index in [9.17, 15) is 0 Å². The molecule has 0 fully saturated rings. The second-order valence-corrected chi connectivity index (χ2v) is 5.37. The molecule has 1 aromatic rings. The molecule has 0 saturated carbocycles. The third-order valence-electron chi connectivity index (χ3n) is 3.47. The van der Waals surface area contributed by atoms with Crippen LogP contribution in [0.1, 0.15) is 13.8 Å². The van der Waals surface area contributed by atoms with Gasteiger partial charge in [-0.05, 0) is 26.0 Å². The van der Waals surface area contributed by atoms with Gasteiger partial charge in [-0.15, -0.1) is 0 Å². The fourth-order valence-electron chi connectivity index (χ4n) is 2.21. The Morgan fingerprint density at radius 2 is 2.05 bits per heavy atom. The standard InChI is InChI=1S/C14H17N3OS/c1-10-11(2)17(19-3)9-16(10)8-14-15-12-6-4-5-7-13(12)18-14/h4-8,15H,9H2,1-3H3/b14-8+. The Kier molecular flexibility index (Phi) is 3.06. The van der Waals surface area contributed by atoms with Crippen molar-refractivity contribution in [2.24, 2.45) is 0 Å². The predicted octanol–water partition coefficient (Wildman–Crippen LogP) is 3.39. The van der Waals surface area contributed by atoms with Crippen LogP contribution in [-0.4, -0.2) is 22.1 Å². The number of hydrogen-bond acceptors (Lipinski definition) is 5. The van der Waals surface area contributed by atoms with E-state index >= 15 is 0 Å². The lowest BCUT2D eigenvalue weighted by atomic mass is 10.3. The molecule has 0 amide bonds. The Morgan fingerprint density at radius 1 is 1.26 bits per heavy atom. The van der Waals surface area contributed by atoms with Crippen LogP contribution in [0.2, 0.25) is 0 Å². The molecule has 100 valence electrons. The van der Waals surface area contributed by atoms with E-state index in [0.717, 1.165) is 24.0 Å². The summed E-state index contributed by atoms with van der Waals surface area (Å²) in [4.78, 5) is 2.19. The van der Waals surface area contributed by atoms with Gasteiger partial charge >= 0.3 is 0 Å². The summed E-state index contributed by atoms with van der Waals surface area (Å²) in [6.07, 6.45) is 4.11. The lowest BCUT2D eigenvalue weighted by Gasteiger charge is -2.18. The highest BCUT2D eigenvalue weighted by atomic mass is 32.2. The smallest absolute Gasteiger partial charge is 0.214 e. The molecule has 0 bridgehead atoms. The Hall–Kier alpha value is -1.75. The molecule has 0 saturated heterocycles. The number of nitrogens with zero attached hydrogens (tertiary/aromatic N) is 2. The molecule has 3 rings (SSSR count). The summed E-state index contributed by atoms with van der Waals surface area (Å²) in [6, 6.07) is 7.96. The monoisotopic (exact) mass is 275 g/mol. The molecular weight excluding hydrogens is 258 g/mol. The van der Waals surface area contributed by atoms with Crippen LogP contribution in [0.5, 0.6) is 5.75 Å². The van der Waals surface area contributed by atoms with E-state index in [1.807, 2.05) is 30.5 Å². The van der Waals surface area contributed by atoms with E-state index in [1.165, 1.54) is 11.4 Å². The molecule has 0 radical (unpaired) electrons. The van der Waals surface area contributed by atoms with Gasteiger partial charge in [0.2, 0.25) is 5.88 Å². The summed E-state index contributed by atoms with van der Waals surface area (Å²) in [7, 11) is 0. The Morgan fingerprint density at radius 3 is 2.74 bits per heavy atom. The number of nitrogens with one attached hydrogen (secondary N) is 1. The van der Waals surface area contributed by atoms with Crippen molar-refractivity contribution in [1.82, 2.24) is 9.21 Å². The van der Waals surface area contributed by atoms with E-state index < -0.39 is 0 Å². The number of ether oxygens (including phenoxy) is 1. The number of hydrogen-bond donors (Lipinski definition) is 1. The normalized spacial score (nSPS) is 19.8. The summed E-state index contributed by atoms with van der Waals surface area (Å²) in [6.45, 7) is 5.12. The maximum Gasteiger partial charge on any atom is 0.214 e. The van der Waals surface area contributed by atoms with Gasteiger partial charge in [-0.3, -0.25) is 4.31 Å². The quantitative estimate of drug-likeness (QED) is 0.835. The topological polar surface area (TPSA) is 27.7 Å². The minimum absolute atomic E-state index is 0.774. The molecule has 0 aromatic heterocycles. The molecule has 2 heterocycles. The van der Waals surface area contributed by atoms with Gasteiger partial charge in [0, 0.05) is 17.6 Å². The third-order valence-corrected chi connectivity index (χ3v) is 4.30. The van der Waals surface area contributed by atoms with Crippen molar-refractivity contribution in [2.75, 3.05) is 18.2 Å². The van der Waals surface area contributed by atoms with E-state index in [1.54, 1.807) is 11.9 Å². The molecule has 19 heavy (non-hydrogen) atoms. The van der Waals surface area contributed by atoms with Gasteiger partial charge in [-0.2, -0.15) is 0 Å². The number of benzene rings is 1. The molecule has 0 unspecified atom stereocenters. The van der Waals surface area contributed by atoms with Crippen molar-refractivity contribution >= 4 is 17.6 Å². The highest BCUT2D eigenvalue weighted by molar-refractivity contribution is 7.96. The zero-order valence-electron chi connectivity index (χ0n) is 11.3. The van der Waals surface area contributed by atoms with Crippen molar-refractivity contribution in [3.63, 3.8) is 0 Å². The van der Waals surface area contributed by atoms with Gasteiger partial charge in [-0.1, -0.05) is 24.1 Å². The molecule has 0 spiro atoms. The Balaban J connectivity index is 1.79. The molecular formula is C14H17N3OS. The first kappa shape index (κ1) is 12.3. The number of rotatable bonds is 2. The van der Waals surface area contributed by atoms with Crippen LogP contribution in [0.3, 0.4) is 0 Å². The first-order chi connectivity index (χ1) is 9.19. The van der Waals surface area contributed by atoms with Crippen molar-refractivity contribution < 1.29 is 4.74 Å². The average Bonchev–Trinajstić information content (AvgIpc) is 2.94. The molecule has 1 N–H and O–H groups in total. The highest BCUT2D eigenvalue weighted by Crippen LogP contribution is 2.34. The number of allylic oxidation sites excluding steroid dienone is 2. The number of para-hydroxylation sites is 2. The maximum atomic E-state index is 5.78. The maximum absolute atomic E-state index is 5.78. The third kappa shape index (κ3) is 2.14. The zero-order valence-corrected chi connectivity index (χ0v) is 12.1. The molecule has 2 aliphatic rings. The molecule has 5 heteroatoms. The second-order valence-electron chi connectivity index (χ2n) is 4.56. The van der Waals surface area contributed by atoms with Crippen molar-refractivity contribution in [1.29, 1.82) is 0 Å². The lowest BCUT2D eigenvalue weighted by molar-refractivity contribution is 0.387. The Labute approximate surface area is 117 Å². The van der Waals surface area contributed by atoms with E-state index in [2.05, 4.69) is 34.6 Å². The SMILES string of the molecule is CSN1CN(/C=C2\Nc3ccccc3O2)C(C)=C1C. The average molecular weight is 275 g/mol. The van der Waals surface area contributed by atoms with Gasteiger partial charge in [0.05, 0.1) is 11.9 Å². The van der Waals surface area contributed by atoms with Gasteiger partial charge < -0.3 is 15.0 Å². The summed E-state index contributed by atoms with van der Waals surface area (Å²) < 4.78 is 8.04. The predicted molar refractivity (Wildman–Crippen MR) is 79.2 cm³/mol. The number of anilines is 1. The van der Waals surface area contributed by atoms with Crippen LogP contribution in [0, 0.1) is 0 Å². The highest BCUT2D eigenvalue weighted by Gasteiger charge is 2.24. The summed E-state index contributed by atoms with van der Waals surface area (Å²) >= 11 is 1.74. The first-order valence-electron chi connectivity index (χ1n) is 6.20. The van der Waals surface area contributed by atoms with Crippen molar-refractivity contribution in [3.05, 3.63) is 47.7 Å². The van der Waals surface area contributed by atoms with Crippen LogP contribution in [0.25, 0.3) is 0 Å². The fourth-order valence-corrected chi connectivity index (χ4v) is 2.85. The van der Waals surface area contributed by atoms with Gasteiger partial charge in [0.15, 0.2) is 5.75 Å². The first-order valence-corrected chi connectivity index (χ1v) is 7.38. The fraction of sp³-hybridized carbons (Fsp3) is 0.286. The van der Waals surface area contributed by atoms with E-state index in [0.29, 0.717) is 0 Å². The van der Waals surface area contributed by atoms with Crippen molar-refractivity contribution in [3.8, 4) is 5.75 Å². The molecule has 2 aliphatic heterocycles. The summed E-state index contributed by atoms with van der Waals surface area (Å²) in [5, 5.41) is 3.28. The van der Waals surface area contributed by atoms with Crippen molar-refractivity contribution in [2.45, 2.75) is 13.8 Å². The van der Waals surface area contributed by atoms with Gasteiger partial charge in [0.1, 0.15) is 6.67 Å². The Bertz CT molecular complexity index is 541. The van der Waals surface area contributed by atoms with E-state index in [-0.39, 0.29) is 0 Å². The minimum Gasteiger partial charge on any atom is -0.437 e. The zero-order chi connectivity index (χ0) is 13.4. The van der Waals surface area contributed by atoms with Crippen LogP contribution in [-0.2, 0) is 0 Å². The largest absolute Gasteiger partial charge is 0.437 e. The molecule has 1 aromatic carbocycles. The van der Waals surface area contributed by atoms with Crippen LogP contribution < -0.4 is 10.1 Å². The van der Waals surface area contributed by atoms with Gasteiger partial charge in [-0.25, -0.2) is 0 Å². The van der Waals surface area contributed by atoms with Crippen LogP contribution >= 0.6 is 11.9 Å². The molecule has 0 aliphatic carbocycles. The summed E-state index contributed by atoms with van der Waals surface area (Å²) in [5.41, 5.74) is 3.57. The number of fused-ring (bicyclic) bond motifs is 1.